The zero-order valence-corrected chi connectivity index (χ0v) is 10.8. The maximum Gasteiger partial charge on any atom is 0.152 e. The summed E-state index contributed by atoms with van der Waals surface area (Å²) >= 11 is 5.02. The van der Waals surface area contributed by atoms with Crippen molar-refractivity contribution in [2.45, 2.75) is 20.4 Å². The summed E-state index contributed by atoms with van der Waals surface area (Å²) in [5.41, 5.74) is 3.26. The first kappa shape index (κ1) is 11.9. The maximum atomic E-state index is 9.78. The van der Waals surface area contributed by atoms with E-state index < -0.39 is 0 Å². The van der Waals surface area contributed by atoms with Gasteiger partial charge in [0.15, 0.2) is 5.75 Å². The second-order valence-electron chi connectivity index (χ2n) is 4.23. The number of hydrogen-bond acceptors (Lipinski definition) is 2. The molecule has 2 rings (SSSR count). The summed E-state index contributed by atoms with van der Waals surface area (Å²) in [5, 5.41) is 9.78. The Morgan fingerprint density at radius 2 is 1.76 bits per heavy atom. The molecule has 0 amide bonds. The molecule has 2 aromatic rings. The smallest absolute Gasteiger partial charge is 0.152 e. The van der Waals surface area contributed by atoms with E-state index in [9.17, 15) is 5.11 Å². The molecule has 0 atom stereocenters. The Kier molecular flexibility index (Phi) is 3.29. The highest BCUT2D eigenvalue weighted by Gasteiger charge is 2.03. The molecular formula is C14H15NOS. The molecule has 0 unspecified atom stereocenters. The predicted octanol–water partition coefficient (Wildman–Crippen LogP) is 3.59. The molecule has 1 N–H and O–H groups in total. The van der Waals surface area contributed by atoms with Crippen LogP contribution in [0.4, 0.5) is 0 Å². The van der Waals surface area contributed by atoms with E-state index in [1.165, 1.54) is 11.1 Å². The van der Waals surface area contributed by atoms with E-state index in [2.05, 4.69) is 31.2 Å². The quantitative estimate of drug-likeness (QED) is 0.818. The van der Waals surface area contributed by atoms with Crippen LogP contribution >= 0.6 is 12.2 Å². The van der Waals surface area contributed by atoms with Crippen LogP contribution < -0.4 is 0 Å². The molecule has 1 aromatic heterocycles. The van der Waals surface area contributed by atoms with Crippen molar-refractivity contribution in [1.82, 2.24) is 4.57 Å². The van der Waals surface area contributed by atoms with Crippen LogP contribution in [0.15, 0.2) is 36.5 Å². The Hall–Kier alpha value is -1.61. The standard InChI is InChI=1S/C14H15NOS/c1-10-3-5-12(6-4-10)9-15-8-7-13(17)14(16)11(15)2/h3-8,16H,9H2,1-2H3. The van der Waals surface area contributed by atoms with E-state index in [0.29, 0.717) is 4.51 Å². The van der Waals surface area contributed by atoms with Gasteiger partial charge in [0.05, 0.1) is 10.2 Å². The van der Waals surface area contributed by atoms with Gasteiger partial charge in [-0.05, 0) is 25.5 Å². The van der Waals surface area contributed by atoms with Gasteiger partial charge in [-0.3, -0.25) is 0 Å². The monoisotopic (exact) mass is 245 g/mol. The minimum absolute atomic E-state index is 0.203. The van der Waals surface area contributed by atoms with Crippen LogP contribution in [-0.2, 0) is 6.54 Å². The minimum Gasteiger partial charge on any atom is -0.505 e. The molecule has 0 saturated carbocycles. The van der Waals surface area contributed by atoms with Crippen molar-refractivity contribution in [2.24, 2.45) is 0 Å². The lowest BCUT2D eigenvalue weighted by Gasteiger charge is -2.12. The van der Waals surface area contributed by atoms with Crippen LogP contribution in [0.5, 0.6) is 5.75 Å². The van der Waals surface area contributed by atoms with E-state index in [0.717, 1.165) is 12.2 Å². The highest BCUT2D eigenvalue weighted by molar-refractivity contribution is 7.71. The van der Waals surface area contributed by atoms with Gasteiger partial charge < -0.3 is 9.67 Å². The molecule has 0 spiro atoms. The Morgan fingerprint density at radius 1 is 1.12 bits per heavy atom. The van der Waals surface area contributed by atoms with Gasteiger partial charge in [0.1, 0.15) is 0 Å². The molecule has 1 heterocycles. The summed E-state index contributed by atoms with van der Waals surface area (Å²) < 4.78 is 2.50. The topological polar surface area (TPSA) is 25.2 Å². The molecule has 1 aromatic carbocycles. The third-order valence-corrected chi connectivity index (χ3v) is 3.22. The van der Waals surface area contributed by atoms with Gasteiger partial charge in [0, 0.05) is 12.7 Å². The molecule has 0 aliphatic rings. The van der Waals surface area contributed by atoms with Gasteiger partial charge in [-0.25, -0.2) is 0 Å². The molecule has 0 aliphatic heterocycles. The fourth-order valence-electron chi connectivity index (χ4n) is 1.72. The van der Waals surface area contributed by atoms with Gasteiger partial charge in [-0.1, -0.05) is 42.0 Å². The number of aromatic nitrogens is 1. The highest BCUT2D eigenvalue weighted by atomic mass is 32.1. The van der Waals surface area contributed by atoms with Gasteiger partial charge in [-0.2, -0.15) is 0 Å². The number of benzene rings is 1. The normalized spacial score (nSPS) is 10.5. The zero-order valence-electron chi connectivity index (χ0n) is 9.97. The molecular weight excluding hydrogens is 230 g/mol. The van der Waals surface area contributed by atoms with Crippen LogP contribution in [0.1, 0.15) is 16.8 Å². The Bertz CT molecular complexity index is 584. The van der Waals surface area contributed by atoms with Crippen LogP contribution in [0.3, 0.4) is 0 Å². The van der Waals surface area contributed by atoms with Crippen molar-refractivity contribution in [3.63, 3.8) is 0 Å². The highest BCUT2D eigenvalue weighted by Crippen LogP contribution is 2.18. The van der Waals surface area contributed by atoms with E-state index in [1.54, 1.807) is 6.07 Å². The fourth-order valence-corrected chi connectivity index (χ4v) is 1.93. The minimum atomic E-state index is 0.203. The van der Waals surface area contributed by atoms with Gasteiger partial charge >= 0.3 is 0 Å². The summed E-state index contributed by atoms with van der Waals surface area (Å²) in [5.74, 6) is 0.203. The number of aromatic hydroxyl groups is 1. The van der Waals surface area contributed by atoms with Crippen LogP contribution in [-0.4, -0.2) is 9.67 Å². The largest absolute Gasteiger partial charge is 0.505 e. The number of nitrogens with zero attached hydrogens (tertiary/aromatic N) is 1. The third kappa shape index (κ3) is 2.56. The second kappa shape index (κ2) is 4.72. The van der Waals surface area contributed by atoms with E-state index in [1.807, 2.05) is 17.7 Å². The first-order valence-electron chi connectivity index (χ1n) is 5.52. The average molecular weight is 245 g/mol. The van der Waals surface area contributed by atoms with Gasteiger partial charge in [0.25, 0.3) is 0 Å². The lowest BCUT2D eigenvalue weighted by molar-refractivity contribution is 0.458. The molecule has 0 saturated heterocycles. The first-order valence-corrected chi connectivity index (χ1v) is 5.93. The predicted molar refractivity (Wildman–Crippen MR) is 71.9 cm³/mol. The zero-order chi connectivity index (χ0) is 12.4. The van der Waals surface area contributed by atoms with Crippen molar-refractivity contribution in [2.75, 3.05) is 0 Å². The first-order chi connectivity index (χ1) is 8.08. The molecule has 0 bridgehead atoms. The van der Waals surface area contributed by atoms with Gasteiger partial charge in [0.2, 0.25) is 0 Å². The molecule has 17 heavy (non-hydrogen) atoms. The van der Waals surface area contributed by atoms with Crippen molar-refractivity contribution in [3.8, 4) is 5.75 Å². The Morgan fingerprint density at radius 3 is 2.41 bits per heavy atom. The summed E-state index contributed by atoms with van der Waals surface area (Å²) in [6, 6.07) is 10.1. The number of hydrogen-bond donors (Lipinski definition) is 1. The number of pyridine rings is 1. The van der Waals surface area contributed by atoms with Crippen molar-refractivity contribution in [3.05, 3.63) is 57.9 Å². The van der Waals surface area contributed by atoms with Crippen LogP contribution in [0.2, 0.25) is 0 Å². The van der Waals surface area contributed by atoms with E-state index in [-0.39, 0.29) is 5.75 Å². The lowest BCUT2D eigenvalue weighted by atomic mass is 10.1. The summed E-state index contributed by atoms with van der Waals surface area (Å²) in [6.07, 6.45) is 1.91. The molecule has 88 valence electrons. The number of aryl methyl sites for hydroxylation is 1. The molecule has 0 radical (unpaired) electrons. The summed E-state index contributed by atoms with van der Waals surface area (Å²) in [6.45, 7) is 4.69. The van der Waals surface area contributed by atoms with Crippen molar-refractivity contribution < 1.29 is 5.11 Å². The van der Waals surface area contributed by atoms with Crippen LogP contribution in [0.25, 0.3) is 0 Å². The average Bonchev–Trinajstić information content (AvgIpc) is 2.33. The maximum absolute atomic E-state index is 9.78. The third-order valence-electron chi connectivity index (χ3n) is 2.89. The molecule has 3 heteroatoms. The van der Waals surface area contributed by atoms with Crippen LogP contribution in [0, 0.1) is 18.4 Å². The van der Waals surface area contributed by atoms with Gasteiger partial charge in [-0.15, -0.1) is 0 Å². The number of rotatable bonds is 2. The summed E-state index contributed by atoms with van der Waals surface area (Å²) in [7, 11) is 0. The van der Waals surface area contributed by atoms with Crippen molar-refractivity contribution in [1.29, 1.82) is 0 Å². The molecule has 0 aliphatic carbocycles. The molecule has 0 fully saturated rings. The van der Waals surface area contributed by atoms with Crippen molar-refractivity contribution >= 4 is 12.2 Å². The second-order valence-corrected chi connectivity index (χ2v) is 4.67. The Balaban J connectivity index is 2.34. The lowest BCUT2D eigenvalue weighted by Crippen LogP contribution is -2.04. The Labute approximate surface area is 106 Å². The van der Waals surface area contributed by atoms with E-state index >= 15 is 0 Å². The molecule has 2 nitrogen and oxygen atoms in total. The summed E-state index contributed by atoms with van der Waals surface area (Å²) in [4.78, 5) is 0. The fraction of sp³-hybridized carbons (Fsp3) is 0.214. The van der Waals surface area contributed by atoms with E-state index in [4.69, 9.17) is 12.2 Å². The SMILES string of the molecule is Cc1ccc(Cn2ccc(=S)c(O)c2C)cc1.